The zero-order valence-corrected chi connectivity index (χ0v) is 16.7. The molecule has 0 saturated carbocycles. The van der Waals surface area contributed by atoms with E-state index in [4.69, 9.17) is 14.2 Å². The van der Waals surface area contributed by atoms with E-state index >= 15 is 0 Å². The quantitative estimate of drug-likeness (QED) is 0.619. The van der Waals surface area contributed by atoms with Crippen LogP contribution in [0.4, 0.5) is 14.5 Å². The van der Waals surface area contributed by atoms with Crippen molar-refractivity contribution in [3.8, 4) is 22.6 Å². The van der Waals surface area contributed by atoms with Gasteiger partial charge in [0.05, 0.1) is 12.3 Å². The van der Waals surface area contributed by atoms with Gasteiger partial charge in [0.25, 0.3) is 5.91 Å². The van der Waals surface area contributed by atoms with Crippen molar-refractivity contribution in [1.29, 1.82) is 0 Å². The van der Waals surface area contributed by atoms with E-state index in [1.165, 1.54) is 4.57 Å². The van der Waals surface area contributed by atoms with Crippen LogP contribution in [0.3, 0.4) is 0 Å². The summed E-state index contributed by atoms with van der Waals surface area (Å²) in [7, 11) is 1.63. The van der Waals surface area contributed by atoms with Crippen molar-refractivity contribution >= 4 is 17.6 Å². The molecule has 0 spiro atoms. The van der Waals surface area contributed by atoms with Crippen LogP contribution < -0.4 is 14.8 Å². The summed E-state index contributed by atoms with van der Waals surface area (Å²) >= 11 is 0. The zero-order valence-electron chi connectivity index (χ0n) is 16.7. The van der Waals surface area contributed by atoms with E-state index < -0.39 is 23.5 Å². The summed E-state index contributed by atoms with van der Waals surface area (Å²) in [6.07, 6.45) is 1.64. The fourth-order valence-electron chi connectivity index (χ4n) is 3.35. The number of hydrogen-bond acceptors (Lipinski definition) is 5. The Balaban J connectivity index is 1.80. The van der Waals surface area contributed by atoms with E-state index in [2.05, 4.69) is 5.32 Å². The number of benzene rings is 2. The van der Waals surface area contributed by atoms with Crippen LogP contribution in [-0.2, 0) is 11.8 Å². The Morgan fingerprint density at radius 1 is 1.10 bits per heavy atom. The SMILES string of the molecule is CCOC(=O)c1c(NC(=O)c2cc(F)cc(F)c2)c(-c2ccc3c(c2)OCO3)cn1C. The summed E-state index contributed by atoms with van der Waals surface area (Å²) in [5.41, 5.74) is 1.13. The number of halogens is 2. The average Bonchev–Trinajstić information content (AvgIpc) is 3.31. The summed E-state index contributed by atoms with van der Waals surface area (Å²) in [4.78, 5) is 25.4. The molecule has 0 radical (unpaired) electrons. The number of nitrogens with one attached hydrogen (secondary N) is 1. The van der Waals surface area contributed by atoms with Gasteiger partial charge >= 0.3 is 5.97 Å². The van der Waals surface area contributed by atoms with Gasteiger partial charge in [-0.15, -0.1) is 0 Å². The largest absolute Gasteiger partial charge is 0.461 e. The maximum absolute atomic E-state index is 13.6. The predicted octanol–water partition coefficient (Wildman–Crippen LogP) is 4.13. The first-order valence-corrected chi connectivity index (χ1v) is 9.41. The molecule has 9 heteroatoms. The molecule has 0 fully saturated rings. The molecule has 0 bridgehead atoms. The van der Waals surface area contributed by atoms with Crippen LogP contribution in [0, 0.1) is 11.6 Å². The van der Waals surface area contributed by atoms with Gasteiger partial charge in [0.2, 0.25) is 6.79 Å². The maximum atomic E-state index is 13.6. The Labute approximate surface area is 176 Å². The highest BCUT2D eigenvalue weighted by atomic mass is 19.1. The number of carbonyl (C=O) groups is 2. The van der Waals surface area contributed by atoms with E-state index in [-0.39, 0.29) is 30.3 Å². The fraction of sp³-hybridized carbons (Fsp3) is 0.182. The van der Waals surface area contributed by atoms with Crippen LogP contribution in [0.25, 0.3) is 11.1 Å². The van der Waals surface area contributed by atoms with Crippen molar-refractivity contribution in [3.05, 3.63) is 65.5 Å². The maximum Gasteiger partial charge on any atom is 0.357 e. The Hall–Kier alpha value is -3.88. The van der Waals surface area contributed by atoms with Crippen molar-refractivity contribution in [2.75, 3.05) is 18.7 Å². The van der Waals surface area contributed by atoms with Gasteiger partial charge in [-0.1, -0.05) is 6.07 Å². The van der Waals surface area contributed by atoms with Crippen molar-refractivity contribution in [2.45, 2.75) is 6.92 Å². The topological polar surface area (TPSA) is 78.8 Å². The highest BCUT2D eigenvalue weighted by Gasteiger charge is 2.26. The molecule has 1 aliphatic heterocycles. The molecule has 0 atom stereocenters. The molecule has 7 nitrogen and oxygen atoms in total. The van der Waals surface area contributed by atoms with E-state index in [9.17, 15) is 18.4 Å². The van der Waals surface area contributed by atoms with Gasteiger partial charge < -0.3 is 24.1 Å². The summed E-state index contributed by atoms with van der Waals surface area (Å²) in [6, 6.07) is 7.65. The van der Waals surface area contributed by atoms with Crippen LogP contribution in [0.5, 0.6) is 11.5 Å². The first kappa shape index (κ1) is 20.4. The number of hydrogen-bond donors (Lipinski definition) is 1. The lowest BCUT2D eigenvalue weighted by Crippen LogP contribution is -2.17. The summed E-state index contributed by atoms with van der Waals surface area (Å²) < 4.78 is 44.5. The molecule has 1 aromatic heterocycles. The number of ether oxygens (including phenoxy) is 3. The minimum Gasteiger partial charge on any atom is -0.461 e. The minimum absolute atomic E-state index is 0.0831. The second-order valence-corrected chi connectivity index (χ2v) is 6.78. The molecular weight excluding hydrogens is 410 g/mol. The molecule has 0 aliphatic carbocycles. The second kappa shape index (κ2) is 8.10. The van der Waals surface area contributed by atoms with Crippen molar-refractivity contribution in [2.24, 2.45) is 7.05 Å². The van der Waals surface area contributed by atoms with Crippen LogP contribution in [-0.4, -0.2) is 29.8 Å². The lowest BCUT2D eigenvalue weighted by atomic mass is 10.1. The lowest BCUT2D eigenvalue weighted by molar-refractivity contribution is 0.0516. The smallest absolute Gasteiger partial charge is 0.357 e. The molecule has 0 saturated heterocycles. The molecule has 1 amide bonds. The lowest BCUT2D eigenvalue weighted by Gasteiger charge is -2.11. The third-order valence-corrected chi connectivity index (χ3v) is 4.70. The molecule has 31 heavy (non-hydrogen) atoms. The van der Waals surface area contributed by atoms with Crippen molar-refractivity contribution < 1.29 is 32.6 Å². The third kappa shape index (κ3) is 3.94. The summed E-state index contributed by atoms with van der Waals surface area (Å²) in [5, 5.41) is 2.61. The normalized spacial score (nSPS) is 12.0. The minimum atomic E-state index is -0.889. The fourth-order valence-corrected chi connectivity index (χ4v) is 3.35. The molecular formula is C22H18F2N2O5. The van der Waals surface area contributed by atoms with E-state index in [0.29, 0.717) is 28.7 Å². The van der Waals surface area contributed by atoms with E-state index in [0.717, 1.165) is 12.1 Å². The Morgan fingerprint density at radius 2 is 1.81 bits per heavy atom. The average molecular weight is 428 g/mol. The molecule has 4 rings (SSSR count). The predicted molar refractivity (Wildman–Crippen MR) is 107 cm³/mol. The number of nitrogens with zero attached hydrogens (tertiary/aromatic N) is 1. The molecule has 1 aliphatic rings. The molecule has 160 valence electrons. The van der Waals surface area contributed by atoms with E-state index in [1.54, 1.807) is 38.4 Å². The van der Waals surface area contributed by atoms with Crippen LogP contribution in [0.2, 0.25) is 0 Å². The number of amides is 1. The van der Waals surface area contributed by atoms with Crippen LogP contribution >= 0.6 is 0 Å². The number of anilines is 1. The molecule has 2 aromatic carbocycles. The number of aryl methyl sites for hydroxylation is 1. The number of aromatic nitrogens is 1. The monoisotopic (exact) mass is 428 g/mol. The Morgan fingerprint density at radius 3 is 2.52 bits per heavy atom. The van der Waals surface area contributed by atoms with Gasteiger partial charge in [0.15, 0.2) is 17.2 Å². The number of carbonyl (C=O) groups excluding carboxylic acids is 2. The molecule has 0 unspecified atom stereocenters. The molecule has 3 aromatic rings. The Bertz CT molecular complexity index is 1170. The van der Waals surface area contributed by atoms with Gasteiger partial charge in [-0.2, -0.15) is 0 Å². The first-order valence-electron chi connectivity index (χ1n) is 9.41. The summed E-state index contributed by atoms with van der Waals surface area (Å²) in [6.45, 7) is 1.88. The first-order chi connectivity index (χ1) is 14.9. The van der Waals surface area contributed by atoms with E-state index in [1.807, 2.05) is 0 Å². The number of rotatable bonds is 5. The zero-order chi connectivity index (χ0) is 22.1. The molecule has 2 heterocycles. The van der Waals surface area contributed by atoms with Gasteiger partial charge in [-0.3, -0.25) is 4.79 Å². The van der Waals surface area contributed by atoms with Crippen molar-refractivity contribution in [3.63, 3.8) is 0 Å². The van der Waals surface area contributed by atoms with Crippen molar-refractivity contribution in [1.82, 2.24) is 4.57 Å². The highest BCUT2D eigenvalue weighted by molar-refractivity contribution is 6.10. The standard InChI is InChI=1S/C22H18F2N2O5/c1-3-29-22(28)20-19(25-21(27)13-6-14(23)9-15(24)7-13)16(10-26(20)2)12-4-5-17-18(8-12)31-11-30-17/h4-10H,3,11H2,1-2H3,(H,25,27). The Kier molecular flexibility index (Phi) is 5.33. The van der Waals surface area contributed by atoms with Gasteiger partial charge in [-0.05, 0) is 36.8 Å². The van der Waals surface area contributed by atoms with Gasteiger partial charge in [0.1, 0.15) is 11.6 Å². The van der Waals surface area contributed by atoms with Crippen LogP contribution in [0.15, 0.2) is 42.6 Å². The van der Waals surface area contributed by atoms with Gasteiger partial charge in [0, 0.05) is 30.4 Å². The number of esters is 1. The highest BCUT2D eigenvalue weighted by Crippen LogP contribution is 2.40. The van der Waals surface area contributed by atoms with Gasteiger partial charge in [-0.25, -0.2) is 13.6 Å². The van der Waals surface area contributed by atoms with Crippen LogP contribution in [0.1, 0.15) is 27.8 Å². The third-order valence-electron chi connectivity index (χ3n) is 4.70. The number of fused-ring (bicyclic) bond motifs is 1. The molecule has 1 N–H and O–H groups in total. The second-order valence-electron chi connectivity index (χ2n) is 6.78. The summed E-state index contributed by atoms with van der Waals surface area (Å²) in [5.74, 6) is -2.12.